The summed E-state index contributed by atoms with van der Waals surface area (Å²) < 4.78 is 2.39. The minimum Gasteiger partial charge on any atom is -0.477 e. The van der Waals surface area contributed by atoms with E-state index in [2.05, 4.69) is 0 Å². The molecule has 0 aliphatic rings. The Labute approximate surface area is 105 Å². The summed E-state index contributed by atoms with van der Waals surface area (Å²) in [5.74, 6) is -1.03. The van der Waals surface area contributed by atoms with Gasteiger partial charge >= 0.3 is 17.1 Å². The van der Waals surface area contributed by atoms with Gasteiger partial charge in [0, 0.05) is 19.4 Å². The second kappa shape index (κ2) is 4.61. The summed E-state index contributed by atoms with van der Waals surface area (Å²) in [7, 11) is 1.49. The first-order valence-electron chi connectivity index (χ1n) is 5.06. The lowest BCUT2D eigenvalue weighted by molar-refractivity contribution is 0.0701. The van der Waals surface area contributed by atoms with Crippen molar-refractivity contribution in [3.05, 3.63) is 55.0 Å². The van der Waals surface area contributed by atoms with Gasteiger partial charge in [0.2, 0.25) is 0 Å². The molecule has 0 atom stereocenters. The molecule has 7 heteroatoms. The standard InChI is InChI=1S/C11H10N2O4S/c1-12-3-4-13(10(15)9(12)14)6-7-2-5-18-8(7)11(16)17/h2-5H,6H2,1H3,(H,16,17). The van der Waals surface area contributed by atoms with Gasteiger partial charge in [-0.05, 0) is 17.0 Å². The molecule has 0 bridgehead atoms. The van der Waals surface area contributed by atoms with E-state index in [0.29, 0.717) is 5.56 Å². The molecule has 0 radical (unpaired) electrons. The van der Waals surface area contributed by atoms with E-state index in [0.717, 1.165) is 11.3 Å². The normalized spacial score (nSPS) is 10.5. The van der Waals surface area contributed by atoms with Crippen molar-refractivity contribution in [1.29, 1.82) is 0 Å². The molecule has 2 rings (SSSR count). The number of nitrogens with zero attached hydrogens (tertiary/aromatic N) is 2. The predicted octanol–water partition coefficient (Wildman–Crippen LogP) is 0.355. The maximum atomic E-state index is 11.7. The second-order valence-corrected chi connectivity index (χ2v) is 4.64. The molecule has 0 aliphatic carbocycles. The van der Waals surface area contributed by atoms with Crippen molar-refractivity contribution in [3.8, 4) is 0 Å². The first-order chi connectivity index (χ1) is 8.50. The van der Waals surface area contributed by atoms with Gasteiger partial charge in [-0.15, -0.1) is 11.3 Å². The van der Waals surface area contributed by atoms with E-state index in [-0.39, 0.29) is 11.4 Å². The smallest absolute Gasteiger partial charge is 0.346 e. The van der Waals surface area contributed by atoms with Crippen molar-refractivity contribution < 1.29 is 9.90 Å². The van der Waals surface area contributed by atoms with Crippen LogP contribution in [-0.2, 0) is 13.6 Å². The molecule has 6 nitrogen and oxygen atoms in total. The van der Waals surface area contributed by atoms with Gasteiger partial charge in [-0.2, -0.15) is 0 Å². The van der Waals surface area contributed by atoms with Crippen molar-refractivity contribution in [1.82, 2.24) is 9.13 Å². The van der Waals surface area contributed by atoms with Gasteiger partial charge in [-0.1, -0.05) is 0 Å². The number of hydrogen-bond acceptors (Lipinski definition) is 4. The van der Waals surface area contributed by atoms with Crippen molar-refractivity contribution in [2.75, 3.05) is 0 Å². The van der Waals surface area contributed by atoms with E-state index in [9.17, 15) is 14.4 Å². The number of aromatic nitrogens is 2. The molecule has 0 saturated heterocycles. The summed E-state index contributed by atoms with van der Waals surface area (Å²) in [6.45, 7) is 0.0834. The van der Waals surface area contributed by atoms with Crippen LogP contribution >= 0.6 is 11.3 Å². The second-order valence-electron chi connectivity index (χ2n) is 3.73. The predicted molar refractivity (Wildman–Crippen MR) is 66.3 cm³/mol. The molecule has 2 aromatic rings. The Balaban J connectivity index is 2.44. The molecular weight excluding hydrogens is 256 g/mol. The number of hydrogen-bond donors (Lipinski definition) is 1. The number of thiophene rings is 1. The third-order valence-electron chi connectivity index (χ3n) is 2.52. The largest absolute Gasteiger partial charge is 0.477 e. The lowest BCUT2D eigenvalue weighted by atomic mass is 10.2. The Morgan fingerprint density at radius 1 is 1.33 bits per heavy atom. The third-order valence-corrected chi connectivity index (χ3v) is 3.46. The molecule has 1 N–H and O–H groups in total. The Morgan fingerprint density at radius 3 is 2.72 bits per heavy atom. The number of aromatic carboxylic acids is 1. The Morgan fingerprint density at radius 2 is 2.06 bits per heavy atom. The summed E-state index contributed by atoms with van der Waals surface area (Å²) in [6, 6.07) is 1.64. The number of aryl methyl sites for hydroxylation is 1. The summed E-state index contributed by atoms with van der Waals surface area (Å²) in [4.78, 5) is 34.3. The molecule has 0 aromatic carbocycles. The van der Waals surface area contributed by atoms with E-state index in [1.807, 2.05) is 0 Å². The van der Waals surface area contributed by atoms with Crippen molar-refractivity contribution in [2.45, 2.75) is 6.54 Å². The fourth-order valence-electron chi connectivity index (χ4n) is 1.55. The number of carboxylic acid groups (broad SMARTS) is 1. The van der Waals surface area contributed by atoms with Crippen molar-refractivity contribution >= 4 is 17.3 Å². The average Bonchev–Trinajstić information content (AvgIpc) is 2.78. The zero-order valence-electron chi connectivity index (χ0n) is 9.49. The van der Waals surface area contributed by atoms with Crippen molar-refractivity contribution in [3.63, 3.8) is 0 Å². The zero-order valence-corrected chi connectivity index (χ0v) is 10.3. The van der Waals surface area contributed by atoms with Gasteiger partial charge in [0.1, 0.15) is 4.88 Å². The third kappa shape index (κ3) is 2.12. The van der Waals surface area contributed by atoms with Gasteiger partial charge in [-0.3, -0.25) is 9.59 Å². The van der Waals surface area contributed by atoms with E-state index in [1.165, 1.54) is 28.6 Å². The van der Waals surface area contributed by atoms with Crippen LogP contribution < -0.4 is 11.1 Å². The average molecular weight is 266 g/mol. The molecular formula is C11H10N2O4S. The number of carbonyl (C=O) groups is 1. The van der Waals surface area contributed by atoms with Gasteiger partial charge < -0.3 is 14.2 Å². The summed E-state index contributed by atoms with van der Waals surface area (Å²) in [6.07, 6.45) is 2.93. The van der Waals surface area contributed by atoms with Crippen LogP contribution in [0.1, 0.15) is 15.2 Å². The van der Waals surface area contributed by atoms with Crippen molar-refractivity contribution in [2.24, 2.45) is 7.05 Å². The lowest BCUT2D eigenvalue weighted by Crippen LogP contribution is -2.39. The summed E-state index contributed by atoms with van der Waals surface area (Å²) in [5.41, 5.74) is -0.782. The van der Waals surface area contributed by atoms with Crippen LogP contribution in [0.15, 0.2) is 33.4 Å². The molecule has 94 valence electrons. The van der Waals surface area contributed by atoms with E-state index in [1.54, 1.807) is 11.4 Å². The number of carboxylic acids is 1. The fraction of sp³-hybridized carbons (Fsp3) is 0.182. The lowest BCUT2D eigenvalue weighted by Gasteiger charge is -2.05. The van der Waals surface area contributed by atoms with Crippen LogP contribution in [-0.4, -0.2) is 20.2 Å². The summed E-state index contributed by atoms with van der Waals surface area (Å²) >= 11 is 1.09. The maximum absolute atomic E-state index is 11.7. The quantitative estimate of drug-likeness (QED) is 0.813. The SMILES string of the molecule is Cn1ccn(Cc2ccsc2C(=O)O)c(=O)c1=O. The highest BCUT2D eigenvalue weighted by Gasteiger charge is 2.13. The van der Waals surface area contributed by atoms with Gasteiger partial charge in [0.05, 0.1) is 6.54 Å². The molecule has 0 unspecified atom stereocenters. The molecule has 0 spiro atoms. The fourth-order valence-corrected chi connectivity index (χ4v) is 2.30. The molecule has 0 saturated carbocycles. The highest BCUT2D eigenvalue weighted by molar-refractivity contribution is 7.12. The van der Waals surface area contributed by atoms with Gasteiger partial charge in [0.25, 0.3) is 0 Å². The highest BCUT2D eigenvalue weighted by atomic mass is 32.1. The Bertz CT molecular complexity index is 710. The molecule has 0 aliphatic heterocycles. The number of rotatable bonds is 3. The molecule has 0 fully saturated rings. The monoisotopic (exact) mass is 266 g/mol. The first-order valence-corrected chi connectivity index (χ1v) is 5.94. The molecule has 2 heterocycles. The molecule has 2 aromatic heterocycles. The van der Waals surface area contributed by atoms with Gasteiger partial charge in [0.15, 0.2) is 0 Å². The Kier molecular flexibility index (Phi) is 3.15. The summed E-state index contributed by atoms with van der Waals surface area (Å²) in [5, 5.41) is 10.6. The Hall–Kier alpha value is -2.15. The minimum absolute atomic E-state index is 0.0834. The first kappa shape index (κ1) is 12.3. The maximum Gasteiger partial charge on any atom is 0.346 e. The van der Waals surface area contributed by atoms with Crippen LogP contribution in [0.5, 0.6) is 0 Å². The van der Waals surface area contributed by atoms with Crippen LogP contribution in [0.25, 0.3) is 0 Å². The topological polar surface area (TPSA) is 81.3 Å². The van der Waals surface area contributed by atoms with E-state index in [4.69, 9.17) is 5.11 Å². The van der Waals surface area contributed by atoms with Crippen LogP contribution in [0.3, 0.4) is 0 Å². The molecule has 0 amide bonds. The van der Waals surface area contributed by atoms with E-state index >= 15 is 0 Å². The zero-order chi connectivity index (χ0) is 13.3. The highest BCUT2D eigenvalue weighted by Crippen LogP contribution is 2.17. The van der Waals surface area contributed by atoms with Crippen LogP contribution in [0.4, 0.5) is 0 Å². The minimum atomic E-state index is -1.03. The van der Waals surface area contributed by atoms with Crippen LogP contribution in [0.2, 0.25) is 0 Å². The van der Waals surface area contributed by atoms with Crippen LogP contribution in [0, 0.1) is 0 Å². The van der Waals surface area contributed by atoms with E-state index < -0.39 is 17.1 Å². The van der Waals surface area contributed by atoms with Gasteiger partial charge in [-0.25, -0.2) is 4.79 Å². The molecule has 18 heavy (non-hydrogen) atoms.